The maximum atomic E-state index is 6.38. The van der Waals surface area contributed by atoms with E-state index in [1.807, 2.05) is 25.1 Å². The fraction of sp³-hybridized carbons (Fsp3) is 0.250. The Morgan fingerprint density at radius 3 is 2.00 bits per heavy atom. The Balaban J connectivity index is 2.44. The molecule has 0 spiro atoms. The Labute approximate surface area is 114 Å². The molecule has 2 aromatic carbocycles. The molecule has 2 N–H and O–H groups in total. The van der Waals surface area contributed by atoms with Gasteiger partial charge in [0, 0.05) is 5.02 Å². The average molecular weight is 260 g/mol. The van der Waals surface area contributed by atoms with E-state index in [1.165, 1.54) is 16.7 Å². The largest absolute Gasteiger partial charge is 0.320 e. The van der Waals surface area contributed by atoms with Crippen molar-refractivity contribution < 1.29 is 0 Å². The third kappa shape index (κ3) is 2.58. The molecule has 18 heavy (non-hydrogen) atoms. The number of hydrogen-bond acceptors (Lipinski definition) is 1. The van der Waals surface area contributed by atoms with Crippen molar-refractivity contribution in [3.05, 3.63) is 69.2 Å². The number of aryl methyl sites for hydroxylation is 3. The molecular weight excluding hydrogens is 242 g/mol. The van der Waals surface area contributed by atoms with Crippen molar-refractivity contribution in [3.63, 3.8) is 0 Å². The minimum Gasteiger partial charge on any atom is -0.320 e. The van der Waals surface area contributed by atoms with E-state index in [9.17, 15) is 0 Å². The van der Waals surface area contributed by atoms with E-state index in [4.69, 9.17) is 17.3 Å². The highest BCUT2D eigenvalue weighted by Gasteiger charge is 2.13. The first-order valence-electron chi connectivity index (χ1n) is 6.08. The topological polar surface area (TPSA) is 26.0 Å². The van der Waals surface area contributed by atoms with Gasteiger partial charge in [-0.1, -0.05) is 41.4 Å². The van der Waals surface area contributed by atoms with Gasteiger partial charge in [0.25, 0.3) is 0 Å². The van der Waals surface area contributed by atoms with Gasteiger partial charge in [-0.2, -0.15) is 0 Å². The Bertz CT molecular complexity index is 524. The summed E-state index contributed by atoms with van der Waals surface area (Å²) in [5.74, 6) is 0. The van der Waals surface area contributed by atoms with Crippen LogP contribution in [0.15, 0.2) is 36.4 Å². The molecule has 1 unspecified atom stereocenters. The van der Waals surface area contributed by atoms with Crippen molar-refractivity contribution in [3.8, 4) is 0 Å². The maximum absolute atomic E-state index is 6.38. The highest BCUT2D eigenvalue weighted by Crippen LogP contribution is 2.27. The van der Waals surface area contributed by atoms with Crippen LogP contribution < -0.4 is 5.73 Å². The van der Waals surface area contributed by atoms with Crippen LogP contribution in [0.1, 0.15) is 33.9 Å². The summed E-state index contributed by atoms with van der Waals surface area (Å²) in [4.78, 5) is 0. The van der Waals surface area contributed by atoms with E-state index in [0.717, 1.165) is 16.1 Å². The second kappa shape index (κ2) is 5.13. The van der Waals surface area contributed by atoms with Crippen LogP contribution in [-0.4, -0.2) is 0 Å². The van der Waals surface area contributed by atoms with Crippen molar-refractivity contribution in [2.45, 2.75) is 26.8 Å². The molecule has 0 aliphatic carbocycles. The second-order valence-corrected chi connectivity index (χ2v) is 5.28. The molecule has 2 heteroatoms. The van der Waals surface area contributed by atoms with Gasteiger partial charge in [0.1, 0.15) is 0 Å². The lowest BCUT2D eigenvalue weighted by Gasteiger charge is -2.18. The van der Waals surface area contributed by atoms with E-state index >= 15 is 0 Å². The number of halogens is 1. The minimum absolute atomic E-state index is 0.0946. The zero-order chi connectivity index (χ0) is 13.3. The van der Waals surface area contributed by atoms with Crippen LogP contribution in [0.25, 0.3) is 0 Å². The van der Waals surface area contributed by atoms with Gasteiger partial charge in [0.2, 0.25) is 0 Å². The fourth-order valence-corrected chi connectivity index (χ4v) is 2.56. The lowest BCUT2D eigenvalue weighted by atomic mass is 9.92. The highest BCUT2D eigenvalue weighted by molar-refractivity contribution is 6.30. The van der Waals surface area contributed by atoms with Crippen LogP contribution in [0, 0.1) is 20.8 Å². The normalized spacial score (nSPS) is 12.5. The molecule has 0 aliphatic heterocycles. The second-order valence-electron chi connectivity index (χ2n) is 4.84. The van der Waals surface area contributed by atoms with Gasteiger partial charge >= 0.3 is 0 Å². The molecule has 0 saturated carbocycles. The Morgan fingerprint density at radius 1 is 0.889 bits per heavy atom. The van der Waals surface area contributed by atoms with Gasteiger partial charge in [-0.15, -0.1) is 0 Å². The number of rotatable bonds is 2. The molecule has 1 atom stereocenters. The molecule has 94 valence electrons. The van der Waals surface area contributed by atoms with Crippen LogP contribution >= 0.6 is 11.6 Å². The molecule has 2 aromatic rings. The summed E-state index contributed by atoms with van der Waals surface area (Å²) in [5.41, 5.74) is 12.3. The summed E-state index contributed by atoms with van der Waals surface area (Å²) in [6, 6.07) is 12.2. The molecule has 0 radical (unpaired) electrons. The molecule has 0 amide bonds. The van der Waals surface area contributed by atoms with Crippen LogP contribution in [0.3, 0.4) is 0 Å². The molecule has 0 bridgehead atoms. The van der Waals surface area contributed by atoms with E-state index in [0.29, 0.717) is 0 Å². The summed E-state index contributed by atoms with van der Waals surface area (Å²) in [6.45, 7) is 6.24. The van der Waals surface area contributed by atoms with Crippen LogP contribution in [0.2, 0.25) is 5.02 Å². The summed E-state index contributed by atoms with van der Waals surface area (Å²) in [6.07, 6.45) is 0. The number of hydrogen-bond donors (Lipinski definition) is 1. The van der Waals surface area contributed by atoms with Crippen LogP contribution in [0.5, 0.6) is 0 Å². The molecule has 0 aromatic heterocycles. The summed E-state index contributed by atoms with van der Waals surface area (Å²) >= 11 is 5.98. The Hall–Kier alpha value is -1.31. The van der Waals surface area contributed by atoms with E-state index in [1.54, 1.807) is 0 Å². The SMILES string of the molecule is Cc1ccc(C(N)c2ccc(Cl)cc2C)c(C)c1. The summed E-state index contributed by atoms with van der Waals surface area (Å²) < 4.78 is 0. The van der Waals surface area contributed by atoms with Gasteiger partial charge < -0.3 is 5.73 Å². The highest BCUT2D eigenvalue weighted by atomic mass is 35.5. The zero-order valence-corrected chi connectivity index (χ0v) is 11.8. The molecule has 2 rings (SSSR count). The molecule has 0 aliphatic rings. The lowest BCUT2D eigenvalue weighted by Crippen LogP contribution is -2.14. The van der Waals surface area contributed by atoms with Crippen molar-refractivity contribution in [2.24, 2.45) is 5.73 Å². The predicted molar refractivity (Wildman–Crippen MR) is 78.1 cm³/mol. The van der Waals surface area contributed by atoms with Gasteiger partial charge in [0.05, 0.1) is 6.04 Å². The summed E-state index contributed by atoms with van der Waals surface area (Å²) in [7, 11) is 0. The quantitative estimate of drug-likeness (QED) is 0.854. The van der Waals surface area contributed by atoms with Crippen molar-refractivity contribution in [2.75, 3.05) is 0 Å². The molecule has 1 nitrogen and oxygen atoms in total. The molecule has 0 fully saturated rings. The molecular formula is C16H18ClN. The fourth-order valence-electron chi connectivity index (χ4n) is 2.33. The predicted octanol–water partition coefficient (Wildman–Crippen LogP) is 4.31. The van der Waals surface area contributed by atoms with Crippen molar-refractivity contribution in [1.29, 1.82) is 0 Å². The van der Waals surface area contributed by atoms with Gasteiger partial charge in [0.15, 0.2) is 0 Å². The molecule has 0 saturated heterocycles. The first kappa shape index (κ1) is 13.1. The van der Waals surface area contributed by atoms with E-state index < -0.39 is 0 Å². The summed E-state index contributed by atoms with van der Waals surface area (Å²) in [5, 5.41) is 0.754. The van der Waals surface area contributed by atoms with E-state index in [-0.39, 0.29) is 6.04 Å². The van der Waals surface area contributed by atoms with Crippen LogP contribution in [-0.2, 0) is 0 Å². The van der Waals surface area contributed by atoms with Gasteiger partial charge in [-0.25, -0.2) is 0 Å². The number of benzene rings is 2. The Morgan fingerprint density at radius 2 is 1.44 bits per heavy atom. The first-order valence-corrected chi connectivity index (χ1v) is 6.45. The number of nitrogens with two attached hydrogens (primary N) is 1. The van der Waals surface area contributed by atoms with Crippen LogP contribution in [0.4, 0.5) is 0 Å². The maximum Gasteiger partial charge on any atom is 0.0556 e. The lowest BCUT2D eigenvalue weighted by molar-refractivity contribution is 0.851. The molecule has 0 heterocycles. The standard InChI is InChI=1S/C16H18ClN/c1-10-4-6-14(11(2)8-10)16(18)15-7-5-13(17)9-12(15)3/h4-9,16H,18H2,1-3H3. The third-order valence-corrected chi connectivity index (χ3v) is 3.56. The minimum atomic E-state index is -0.0946. The van der Waals surface area contributed by atoms with Gasteiger partial charge in [-0.05, 0) is 55.2 Å². The van der Waals surface area contributed by atoms with E-state index in [2.05, 4.69) is 32.0 Å². The zero-order valence-electron chi connectivity index (χ0n) is 11.0. The average Bonchev–Trinajstić information content (AvgIpc) is 2.28. The Kier molecular flexibility index (Phi) is 3.74. The van der Waals surface area contributed by atoms with Gasteiger partial charge in [-0.3, -0.25) is 0 Å². The van der Waals surface area contributed by atoms with Crippen molar-refractivity contribution in [1.82, 2.24) is 0 Å². The monoisotopic (exact) mass is 259 g/mol. The smallest absolute Gasteiger partial charge is 0.0556 e. The van der Waals surface area contributed by atoms with Crippen molar-refractivity contribution >= 4 is 11.6 Å². The first-order chi connectivity index (χ1) is 8.49. The third-order valence-electron chi connectivity index (χ3n) is 3.33.